The van der Waals surface area contributed by atoms with Gasteiger partial charge in [-0.3, -0.25) is 9.78 Å². The summed E-state index contributed by atoms with van der Waals surface area (Å²) in [6.07, 6.45) is 3.91. The molecule has 1 fully saturated rings. The van der Waals surface area contributed by atoms with E-state index in [1.807, 2.05) is 32.0 Å². The SMILES string of the molecule is CC1(C)CNCCC1(O)Cn1cc(-c2ccccn2)c(-c2ccccc2F)cc1=O. The minimum atomic E-state index is -1.04. The van der Waals surface area contributed by atoms with E-state index in [9.17, 15) is 14.3 Å². The monoisotopic (exact) mass is 407 g/mol. The molecule has 0 amide bonds. The van der Waals surface area contributed by atoms with Gasteiger partial charge < -0.3 is 15.0 Å². The Labute approximate surface area is 175 Å². The number of benzene rings is 1. The molecule has 0 bridgehead atoms. The van der Waals surface area contributed by atoms with E-state index in [-0.39, 0.29) is 12.1 Å². The zero-order valence-electron chi connectivity index (χ0n) is 17.2. The summed E-state index contributed by atoms with van der Waals surface area (Å²) in [7, 11) is 0. The lowest BCUT2D eigenvalue weighted by atomic mass is 9.70. The molecule has 1 aliphatic rings. The molecule has 1 saturated heterocycles. The number of hydrogen-bond acceptors (Lipinski definition) is 4. The van der Waals surface area contributed by atoms with Crippen molar-refractivity contribution in [2.24, 2.45) is 5.41 Å². The molecule has 5 nitrogen and oxygen atoms in total. The minimum absolute atomic E-state index is 0.165. The van der Waals surface area contributed by atoms with Gasteiger partial charge in [-0.25, -0.2) is 4.39 Å². The fraction of sp³-hybridized carbons (Fsp3) is 0.333. The number of rotatable bonds is 4. The smallest absolute Gasteiger partial charge is 0.251 e. The van der Waals surface area contributed by atoms with Crippen LogP contribution in [0.4, 0.5) is 4.39 Å². The summed E-state index contributed by atoms with van der Waals surface area (Å²) < 4.78 is 16.1. The molecular weight excluding hydrogens is 381 g/mol. The summed E-state index contributed by atoms with van der Waals surface area (Å²) in [5.74, 6) is -0.398. The van der Waals surface area contributed by atoms with Gasteiger partial charge in [0.1, 0.15) is 5.82 Å². The lowest BCUT2D eigenvalue weighted by Gasteiger charge is -2.47. The van der Waals surface area contributed by atoms with E-state index in [1.54, 1.807) is 30.6 Å². The Bertz CT molecular complexity index is 1110. The van der Waals surface area contributed by atoms with Crippen molar-refractivity contribution in [3.63, 3.8) is 0 Å². The van der Waals surface area contributed by atoms with Crippen molar-refractivity contribution in [1.82, 2.24) is 14.9 Å². The molecule has 0 aliphatic carbocycles. The Hall–Kier alpha value is -2.83. The lowest BCUT2D eigenvalue weighted by molar-refractivity contribution is -0.0997. The normalized spacial score (nSPS) is 20.8. The van der Waals surface area contributed by atoms with Gasteiger partial charge in [0.25, 0.3) is 5.56 Å². The number of nitrogens with zero attached hydrogens (tertiary/aromatic N) is 2. The van der Waals surface area contributed by atoms with Crippen molar-refractivity contribution in [1.29, 1.82) is 0 Å². The fourth-order valence-electron chi connectivity index (χ4n) is 4.10. The predicted octanol–water partition coefficient (Wildman–Crippen LogP) is 3.47. The van der Waals surface area contributed by atoms with Crippen LogP contribution in [0, 0.1) is 11.2 Å². The van der Waals surface area contributed by atoms with Crippen LogP contribution < -0.4 is 10.9 Å². The third kappa shape index (κ3) is 3.68. The van der Waals surface area contributed by atoms with Crippen molar-refractivity contribution in [2.45, 2.75) is 32.4 Å². The van der Waals surface area contributed by atoms with Gasteiger partial charge in [-0.05, 0) is 31.2 Å². The largest absolute Gasteiger partial charge is 0.387 e. The molecule has 30 heavy (non-hydrogen) atoms. The molecule has 0 saturated carbocycles. The summed E-state index contributed by atoms with van der Waals surface area (Å²) in [5.41, 5.74) is 0.406. The van der Waals surface area contributed by atoms with Crippen LogP contribution in [0.15, 0.2) is 65.7 Å². The number of piperidine rings is 1. The molecule has 156 valence electrons. The first-order valence-electron chi connectivity index (χ1n) is 10.1. The van der Waals surface area contributed by atoms with E-state index in [4.69, 9.17) is 0 Å². The predicted molar refractivity (Wildman–Crippen MR) is 116 cm³/mol. The van der Waals surface area contributed by atoms with Crippen molar-refractivity contribution >= 4 is 0 Å². The van der Waals surface area contributed by atoms with Crippen molar-refractivity contribution in [2.75, 3.05) is 13.1 Å². The maximum Gasteiger partial charge on any atom is 0.251 e. The Morgan fingerprint density at radius 3 is 2.60 bits per heavy atom. The average molecular weight is 407 g/mol. The molecule has 1 unspecified atom stereocenters. The minimum Gasteiger partial charge on any atom is -0.387 e. The van der Waals surface area contributed by atoms with Crippen LogP contribution in [0.5, 0.6) is 0 Å². The van der Waals surface area contributed by atoms with Crippen LogP contribution in [-0.4, -0.2) is 33.3 Å². The first kappa shape index (κ1) is 20.4. The van der Waals surface area contributed by atoms with Gasteiger partial charge in [-0.1, -0.05) is 38.1 Å². The zero-order valence-corrected chi connectivity index (χ0v) is 17.2. The highest BCUT2D eigenvalue weighted by molar-refractivity contribution is 5.81. The Morgan fingerprint density at radius 2 is 1.90 bits per heavy atom. The quantitative estimate of drug-likeness (QED) is 0.695. The highest BCUT2D eigenvalue weighted by Crippen LogP contribution is 2.38. The van der Waals surface area contributed by atoms with E-state index in [2.05, 4.69) is 10.3 Å². The molecule has 3 heterocycles. The average Bonchev–Trinajstić information content (AvgIpc) is 2.73. The highest BCUT2D eigenvalue weighted by atomic mass is 19.1. The van der Waals surface area contributed by atoms with Crippen LogP contribution in [0.1, 0.15) is 20.3 Å². The van der Waals surface area contributed by atoms with Crippen molar-refractivity contribution < 1.29 is 9.50 Å². The van der Waals surface area contributed by atoms with E-state index in [1.165, 1.54) is 16.7 Å². The van der Waals surface area contributed by atoms with Crippen LogP contribution in [0.25, 0.3) is 22.4 Å². The van der Waals surface area contributed by atoms with Crippen LogP contribution in [-0.2, 0) is 6.54 Å². The third-order valence-electron chi connectivity index (χ3n) is 6.20. The highest BCUT2D eigenvalue weighted by Gasteiger charge is 2.45. The Morgan fingerprint density at radius 1 is 1.13 bits per heavy atom. The maximum absolute atomic E-state index is 14.6. The Balaban J connectivity index is 1.87. The number of aromatic nitrogens is 2. The second-order valence-electron chi connectivity index (χ2n) is 8.60. The van der Waals surface area contributed by atoms with Gasteiger partial charge in [0.05, 0.1) is 17.8 Å². The first-order valence-corrected chi connectivity index (χ1v) is 10.1. The van der Waals surface area contributed by atoms with E-state index >= 15 is 0 Å². The van der Waals surface area contributed by atoms with Gasteiger partial charge in [-0.2, -0.15) is 0 Å². The van der Waals surface area contributed by atoms with Crippen LogP contribution in [0.2, 0.25) is 0 Å². The number of halogens is 1. The van der Waals surface area contributed by atoms with Crippen molar-refractivity contribution in [3.05, 3.63) is 77.1 Å². The second kappa shape index (κ2) is 7.78. The maximum atomic E-state index is 14.6. The van der Waals surface area contributed by atoms with Crippen LogP contribution >= 0.6 is 0 Å². The third-order valence-corrected chi connectivity index (χ3v) is 6.20. The second-order valence-corrected chi connectivity index (χ2v) is 8.60. The van der Waals surface area contributed by atoms with Gasteiger partial charge in [0.2, 0.25) is 0 Å². The molecule has 1 aromatic carbocycles. The summed E-state index contributed by atoms with van der Waals surface area (Å²) >= 11 is 0. The molecule has 2 aromatic heterocycles. The Kier molecular flexibility index (Phi) is 5.30. The lowest BCUT2D eigenvalue weighted by Crippen LogP contribution is -2.58. The standard InChI is InChI=1S/C24H26FN3O2/c1-23(2)15-26-12-10-24(23,30)16-28-14-19(21-9-5-6-11-27-21)18(13-22(28)29)17-7-3-4-8-20(17)25/h3-9,11,13-14,26,30H,10,12,15-16H2,1-2H3. The van der Waals surface area contributed by atoms with Gasteiger partial charge in [0.15, 0.2) is 0 Å². The zero-order chi connectivity index (χ0) is 21.4. The molecule has 3 aromatic rings. The van der Waals surface area contributed by atoms with E-state index in [0.717, 1.165) is 0 Å². The van der Waals surface area contributed by atoms with Gasteiger partial charge >= 0.3 is 0 Å². The molecule has 1 aliphatic heterocycles. The molecule has 6 heteroatoms. The molecule has 0 spiro atoms. The summed E-state index contributed by atoms with van der Waals surface area (Å²) in [6.45, 7) is 5.51. The number of hydrogen-bond donors (Lipinski definition) is 2. The topological polar surface area (TPSA) is 67.2 Å². The first-order chi connectivity index (χ1) is 14.3. The van der Waals surface area contributed by atoms with Gasteiger partial charge in [-0.15, -0.1) is 0 Å². The number of nitrogens with one attached hydrogen (secondary N) is 1. The summed E-state index contributed by atoms with van der Waals surface area (Å²) in [5, 5.41) is 14.7. The molecule has 1 atom stereocenters. The molecule has 0 radical (unpaired) electrons. The molecule has 4 rings (SSSR count). The van der Waals surface area contributed by atoms with E-state index in [0.29, 0.717) is 41.9 Å². The number of aliphatic hydroxyl groups is 1. The fourth-order valence-corrected chi connectivity index (χ4v) is 4.10. The van der Waals surface area contributed by atoms with E-state index < -0.39 is 16.8 Å². The summed E-state index contributed by atoms with van der Waals surface area (Å²) in [4.78, 5) is 17.4. The van der Waals surface area contributed by atoms with Crippen molar-refractivity contribution in [3.8, 4) is 22.4 Å². The molecule has 2 N–H and O–H groups in total. The molecular formula is C24H26FN3O2. The summed E-state index contributed by atoms with van der Waals surface area (Å²) in [6, 6.07) is 13.3. The number of pyridine rings is 2. The van der Waals surface area contributed by atoms with Gasteiger partial charge in [0, 0.05) is 47.1 Å². The van der Waals surface area contributed by atoms with Crippen LogP contribution in [0.3, 0.4) is 0 Å².